The van der Waals surface area contributed by atoms with E-state index < -0.39 is 22.9 Å². The topological polar surface area (TPSA) is 73.9 Å². The van der Waals surface area contributed by atoms with Crippen LogP contribution in [0.2, 0.25) is 0 Å². The molecule has 1 aromatic rings. The van der Waals surface area contributed by atoms with Crippen LogP contribution in [0, 0.1) is 39.9 Å². The predicted octanol–water partition coefficient (Wildman–Crippen LogP) is 4.80. The van der Waals surface area contributed by atoms with Crippen molar-refractivity contribution in [2.45, 2.75) is 64.9 Å². The largest absolute Gasteiger partial charge is 0.459 e. The molecular formula is C22H28N2O2. The fourth-order valence-corrected chi connectivity index (χ4v) is 3.84. The maximum Gasteiger partial charge on any atom is 0.328 e. The molecule has 1 aliphatic rings. The maximum atomic E-state index is 13.2. The van der Waals surface area contributed by atoms with Crippen LogP contribution >= 0.6 is 0 Å². The normalized spacial score (nSPS) is 18.8. The van der Waals surface area contributed by atoms with Crippen molar-refractivity contribution in [2.75, 3.05) is 0 Å². The average Bonchev–Trinajstić information content (AvgIpc) is 2.61. The number of ether oxygens (including phenoxy) is 1. The standard InChI is InChI=1S/C22H28N2O2/c1-21(2,3)26-20(25)22(16-24,14-17-10-6-4-7-11-17)19(15-23)18-12-8-5-9-13-18/h4,6-7,10-11,18-19H,5,8-9,12-14H2,1-3H3/t19-,22-/m0/s1. The molecule has 0 N–H and O–H groups in total. The number of carbonyl (C=O) groups is 1. The lowest BCUT2D eigenvalue weighted by molar-refractivity contribution is -0.167. The fraction of sp³-hybridized carbons (Fsp3) is 0.591. The number of rotatable bonds is 5. The van der Waals surface area contributed by atoms with E-state index in [1.807, 2.05) is 30.3 Å². The molecule has 138 valence electrons. The van der Waals surface area contributed by atoms with E-state index in [9.17, 15) is 15.3 Å². The summed E-state index contributed by atoms with van der Waals surface area (Å²) in [5, 5.41) is 20.1. The molecule has 4 nitrogen and oxygen atoms in total. The van der Waals surface area contributed by atoms with Gasteiger partial charge in [-0.05, 0) is 45.1 Å². The molecule has 0 spiro atoms. The van der Waals surface area contributed by atoms with Gasteiger partial charge in [0, 0.05) is 6.42 Å². The molecule has 0 amide bonds. The molecule has 1 aromatic carbocycles. The van der Waals surface area contributed by atoms with Gasteiger partial charge in [-0.2, -0.15) is 10.5 Å². The van der Waals surface area contributed by atoms with Crippen LogP contribution in [-0.4, -0.2) is 11.6 Å². The average molecular weight is 352 g/mol. The molecule has 0 radical (unpaired) electrons. The van der Waals surface area contributed by atoms with Gasteiger partial charge in [0.1, 0.15) is 5.60 Å². The Kier molecular flexibility index (Phi) is 6.43. The second-order valence-electron chi connectivity index (χ2n) is 8.25. The van der Waals surface area contributed by atoms with Crippen LogP contribution in [0.4, 0.5) is 0 Å². The highest BCUT2D eigenvalue weighted by molar-refractivity contribution is 5.82. The molecule has 2 atom stereocenters. The first-order valence-electron chi connectivity index (χ1n) is 9.40. The van der Waals surface area contributed by atoms with Crippen molar-refractivity contribution in [1.29, 1.82) is 10.5 Å². The molecule has 0 aliphatic heterocycles. The molecule has 1 aliphatic carbocycles. The van der Waals surface area contributed by atoms with E-state index >= 15 is 0 Å². The summed E-state index contributed by atoms with van der Waals surface area (Å²) >= 11 is 0. The van der Waals surface area contributed by atoms with Crippen molar-refractivity contribution in [3.63, 3.8) is 0 Å². The Morgan fingerprint density at radius 1 is 1.15 bits per heavy atom. The third-order valence-electron chi connectivity index (χ3n) is 5.08. The fourth-order valence-electron chi connectivity index (χ4n) is 3.84. The zero-order valence-corrected chi connectivity index (χ0v) is 16.0. The maximum absolute atomic E-state index is 13.2. The minimum absolute atomic E-state index is 0.0598. The first kappa shape index (κ1) is 20.0. The van der Waals surface area contributed by atoms with Crippen LogP contribution in [0.5, 0.6) is 0 Å². The van der Waals surface area contributed by atoms with Gasteiger partial charge in [-0.3, -0.25) is 4.79 Å². The molecule has 1 saturated carbocycles. The minimum Gasteiger partial charge on any atom is -0.459 e. The van der Waals surface area contributed by atoms with Crippen molar-refractivity contribution in [3.8, 4) is 12.1 Å². The number of esters is 1. The second kappa shape index (κ2) is 8.37. The van der Waals surface area contributed by atoms with E-state index in [1.165, 1.54) is 0 Å². The molecule has 4 heteroatoms. The Morgan fingerprint density at radius 2 is 1.77 bits per heavy atom. The van der Waals surface area contributed by atoms with E-state index in [0.717, 1.165) is 37.7 Å². The zero-order chi connectivity index (χ0) is 19.2. The molecule has 0 saturated heterocycles. The summed E-state index contributed by atoms with van der Waals surface area (Å²) in [6.45, 7) is 5.37. The van der Waals surface area contributed by atoms with Crippen LogP contribution in [0.15, 0.2) is 30.3 Å². The molecule has 26 heavy (non-hydrogen) atoms. The Hall–Kier alpha value is -2.33. The smallest absolute Gasteiger partial charge is 0.328 e. The van der Waals surface area contributed by atoms with Crippen molar-refractivity contribution < 1.29 is 9.53 Å². The molecule has 0 bridgehead atoms. The number of nitrogens with zero attached hydrogens (tertiary/aromatic N) is 2. The van der Waals surface area contributed by atoms with Crippen LogP contribution in [-0.2, 0) is 16.0 Å². The van der Waals surface area contributed by atoms with Gasteiger partial charge in [0.15, 0.2) is 5.41 Å². The Morgan fingerprint density at radius 3 is 2.27 bits per heavy atom. The lowest BCUT2D eigenvalue weighted by Crippen LogP contribution is -2.46. The van der Waals surface area contributed by atoms with Crippen LogP contribution in [0.1, 0.15) is 58.4 Å². The van der Waals surface area contributed by atoms with Gasteiger partial charge in [-0.15, -0.1) is 0 Å². The summed E-state index contributed by atoms with van der Waals surface area (Å²) in [7, 11) is 0. The lowest BCUT2D eigenvalue weighted by Gasteiger charge is -2.37. The SMILES string of the molecule is CC(C)(C)OC(=O)[C@](C#N)(Cc1ccccc1)[C@@H](C#N)C1CCCCC1. The summed E-state index contributed by atoms with van der Waals surface area (Å²) < 4.78 is 5.63. The van der Waals surface area contributed by atoms with Crippen molar-refractivity contribution in [3.05, 3.63) is 35.9 Å². The summed E-state index contributed by atoms with van der Waals surface area (Å²) in [6.07, 6.45) is 5.22. The van der Waals surface area contributed by atoms with Gasteiger partial charge >= 0.3 is 5.97 Å². The summed E-state index contributed by atoms with van der Waals surface area (Å²) in [5.41, 5.74) is -1.32. The number of hydrogen-bond acceptors (Lipinski definition) is 4. The number of hydrogen-bond donors (Lipinski definition) is 0. The van der Waals surface area contributed by atoms with Gasteiger partial charge in [0.05, 0.1) is 18.1 Å². The van der Waals surface area contributed by atoms with E-state index in [1.54, 1.807) is 20.8 Å². The highest BCUT2D eigenvalue weighted by atomic mass is 16.6. The zero-order valence-electron chi connectivity index (χ0n) is 16.0. The van der Waals surface area contributed by atoms with Gasteiger partial charge in [0.2, 0.25) is 0 Å². The van der Waals surface area contributed by atoms with Crippen molar-refractivity contribution in [2.24, 2.45) is 17.3 Å². The number of carbonyl (C=O) groups excluding carboxylic acids is 1. The molecule has 2 rings (SSSR count). The molecule has 0 heterocycles. The highest BCUT2D eigenvalue weighted by Crippen LogP contribution is 2.43. The Labute approximate surface area is 156 Å². The van der Waals surface area contributed by atoms with Crippen LogP contribution in [0.25, 0.3) is 0 Å². The summed E-state index contributed by atoms with van der Waals surface area (Å²) in [6, 6.07) is 14.0. The van der Waals surface area contributed by atoms with Gasteiger partial charge in [-0.1, -0.05) is 49.6 Å². The Bertz CT molecular complexity index is 688. The minimum atomic E-state index is -1.48. The lowest BCUT2D eigenvalue weighted by atomic mass is 9.64. The monoisotopic (exact) mass is 352 g/mol. The van der Waals surface area contributed by atoms with Crippen LogP contribution in [0.3, 0.4) is 0 Å². The van der Waals surface area contributed by atoms with Gasteiger partial charge in [0.25, 0.3) is 0 Å². The Balaban J connectivity index is 2.45. The van der Waals surface area contributed by atoms with Crippen molar-refractivity contribution in [1.82, 2.24) is 0 Å². The predicted molar refractivity (Wildman–Crippen MR) is 99.7 cm³/mol. The van der Waals surface area contributed by atoms with E-state index in [-0.39, 0.29) is 12.3 Å². The molecule has 0 unspecified atom stereocenters. The molecule has 1 fully saturated rings. The van der Waals surface area contributed by atoms with E-state index in [2.05, 4.69) is 12.1 Å². The molecular weight excluding hydrogens is 324 g/mol. The first-order chi connectivity index (χ1) is 12.3. The van der Waals surface area contributed by atoms with Gasteiger partial charge < -0.3 is 4.74 Å². The van der Waals surface area contributed by atoms with E-state index in [4.69, 9.17) is 4.74 Å². The van der Waals surface area contributed by atoms with Gasteiger partial charge in [-0.25, -0.2) is 0 Å². The third kappa shape index (κ3) is 4.64. The van der Waals surface area contributed by atoms with E-state index in [0.29, 0.717) is 0 Å². The summed E-state index contributed by atoms with van der Waals surface area (Å²) in [4.78, 5) is 13.2. The quantitative estimate of drug-likeness (QED) is 0.713. The molecule has 0 aromatic heterocycles. The first-order valence-corrected chi connectivity index (χ1v) is 9.40. The van der Waals surface area contributed by atoms with Crippen molar-refractivity contribution >= 4 is 5.97 Å². The number of benzene rings is 1. The highest BCUT2D eigenvalue weighted by Gasteiger charge is 2.52. The number of nitriles is 2. The second-order valence-corrected chi connectivity index (χ2v) is 8.25. The third-order valence-corrected chi connectivity index (χ3v) is 5.08. The van der Waals surface area contributed by atoms with Crippen LogP contribution < -0.4 is 0 Å². The summed E-state index contributed by atoms with van der Waals surface area (Å²) in [5.74, 6) is -1.18.